The Kier molecular flexibility index (Phi) is 4.71. The summed E-state index contributed by atoms with van der Waals surface area (Å²) in [5, 5.41) is 1.12. The lowest BCUT2D eigenvalue weighted by molar-refractivity contribution is 0.274. The van der Waals surface area contributed by atoms with Gasteiger partial charge in [0.15, 0.2) is 0 Å². The van der Waals surface area contributed by atoms with Gasteiger partial charge in [0, 0.05) is 17.5 Å². The number of pyridine rings is 1. The molecule has 0 N–H and O–H groups in total. The Morgan fingerprint density at radius 2 is 1.78 bits per heavy atom. The lowest BCUT2D eigenvalue weighted by atomic mass is 9.89. The van der Waals surface area contributed by atoms with Crippen molar-refractivity contribution >= 4 is 10.9 Å². The maximum absolute atomic E-state index is 14.7. The van der Waals surface area contributed by atoms with Crippen molar-refractivity contribution in [2.24, 2.45) is 0 Å². The van der Waals surface area contributed by atoms with E-state index in [0.29, 0.717) is 12.8 Å². The van der Waals surface area contributed by atoms with Crippen LogP contribution in [0, 0.1) is 6.92 Å². The highest BCUT2D eigenvalue weighted by atomic mass is 19.1. The summed E-state index contributed by atoms with van der Waals surface area (Å²) < 4.78 is 14.7. The van der Waals surface area contributed by atoms with E-state index in [1.54, 1.807) is 6.20 Å². The van der Waals surface area contributed by atoms with Crippen molar-refractivity contribution in [2.75, 3.05) is 0 Å². The van der Waals surface area contributed by atoms with Crippen LogP contribution in [0.1, 0.15) is 36.0 Å². The predicted octanol–water partition coefficient (Wildman–Crippen LogP) is 5.62. The van der Waals surface area contributed by atoms with E-state index in [4.69, 9.17) is 0 Å². The molecule has 2 aromatic carbocycles. The number of benzene rings is 2. The van der Waals surface area contributed by atoms with Gasteiger partial charge < -0.3 is 0 Å². The summed E-state index contributed by atoms with van der Waals surface area (Å²) in [5.74, 6) is -0.0841. The average Bonchev–Trinajstić information content (AvgIpc) is 2.59. The number of para-hydroxylation sites is 1. The molecule has 2 atom stereocenters. The highest BCUT2D eigenvalue weighted by Gasteiger charge is 2.19. The minimum absolute atomic E-state index is 0.0841. The Balaban J connectivity index is 1.73. The number of fused-ring (bicyclic) bond motifs is 1. The van der Waals surface area contributed by atoms with Crippen LogP contribution in [0.25, 0.3) is 10.9 Å². The number of halogens is 1. The topological polar surface area (TPSA) is 12.9 Å². The molecule has 0 aliphatic rings. The standard InChI is InChI=1S/C21H22FN/c1-15-7-3-4-11-19(15)16(2)20(22)13-12-18-9-5-8-17-10-6-14-23-21(17)18/h3-11,14,16,20H,12-13H2,1-2H3. The molecule has 0 saturated carbocycles. The molecule has 1 nitrogen and oxygen atoms in total. The zero-order valence-electron chi connectivity index (χ0n) is 13.7. The summed E-state index contributed by atoms with van der Waals surface area (Å²) in [5.41, 5.74) is 4.39. The third-order valence-electron chi connectivity index (χ3n) is 4.63. The first-order chi connectivity index (χ1) is 11.2. The number of nitrogens with zero attached hydrogens (tertiary/aromatic N) is 1. The highest BCUT2D eigenvalue weighted by Crippen LogP contribution is 2.28. The predicted molar refractivity (Wildman–Crippen MR) is 94.6 cm³/mol. The molecule has 2 unspecified atom stereocenters. The second-order valence-corrected chi connectivity index (χ2v) is 6.19. The Labute approximate surface area is 137 Å². The van der Waals surface area contributed by atoms with Gasteiger partial charge in [-0.3, -0.25) is 4.98 Å². The summed E-state index contributed by atoms with van der Waals surface area (Å²) in [4.78, 5) is 4.45. The molecule has 0 bridgehead atoms. The molecule has 1 heterocycles. The average molecular weight is 307 g/mol. The summed E-state index contributed by atoms with van der Waals surface area (Å²) in [6.07, 6.45) is 2.18. The van der Waals surface area contributed by atoms with E-state index in [0.717, 1.165) is 27.6 Å². The molecule has 0 aliphatic heterocycles. The molecule has 0 radical (unpaired) electrons. The monoisotopic (exact) mass is 307 g/mol. The van der Waals surface area contributed by atoms with Crippen LogP contribution in [0.5, 0.6) is 0 Å². The molecular weight excluding hydrogens is 285 g/mol. The molecule has 23 heavy (non-hydrogen) atoms. The van der Waals surface area contributed by atoms with Gasteiger partial charge in [0.2, 0.25) is 0 Å². The van der Waals surface area contributed by atoms with E-state index in [-0.39, 0.29) is 5.92 Å². The first-order valence-electron chi connectivity index (χ1n) is 8.19. The van der Waals surface area contributed by atoms with Gasteiger partial charge in [-0.15, -0.1) is 0 Å². The van der Waals surface area contributed by atoms with E-state index in [1.165, 1.54) is 0 Å². The first-order valence-corrected chi connectivity index (χ1v) is 8.19. The molecule has 0 fully saturated rings. The molecule has 0 spiro atoms. The van der Waals surface area contributed by atoms with Crippen molar-refractivity contribution < 1.29 is 4.39 Å². The van der Waals surface area contributed by atoms with Gasteiger partial charge >= 0.3 is 0 Å². The highest BCUT2D eigenvalue weighted by molar-refractivity contribution is 5.81. The normalized spacial score (nSPS) is 13.9. The first kappa shape index (κ1) is 15.7. The van der Waals surface area contributed by atoms with Gasteiger partial charge in [0.1, 0.15) is 6.17 Å². The molecule has 118 valence electrons. The molecule has 0 aliphatic carbocycles. The second kappa shape index (κ2) is 6.91. The molecular formula is C21H22FN. The van der Waals surface area contributed by atoms with Crippen LogP contribution in [0.2, 0.25) is 0 Å². The molecule has 3 aromatic rings. The third-order valence-corrected chi connectivity index (χ3v) is 4.63. The van der Waals surface area contributed by atoms with Crippen molar-refractivity contribution in [3.05, 3.63) is 77.5 Å². The van der Waals surface area contributed by atoms with E-state index in [9.17, 15) is 4.39 Å². The van der Waals surface area contributed by atoms with Crippen molar-refractivity contribution in [2.45, 2.75) is 38.8 Å². The van der Waals surface area contributed by atoms with Crippen molar-refractivity contribution in [3.63, 3.8) is 0 Å². The number of aromatic nitrogens is 1. The summed E-state index contributed by atoms with van der Waals surface area (Å²) >= 11 is 0. The van der Waals surface area contributed by atoms with Crippen molar-refractivity contribution in [3.8, 4) is 0 Å². The van der Waals surface area contributed by atoms with Crippen LogP contribution >= 0.6 is 0 Å². The van der Waals surface area contributed by atoms with Crippen LogP contribution in [-0.4, -0.2) is 11.2 Å². The minimum Gasteiger partial charge on any atom is -0.256 e. The minimum atomic E-state index is -0.852. The SMILES string of the molecule is Cc1ccccc1C(C)C(F)CCc1cccc2cccnc12. The van der Waals surface area contributed by atoms with Gasteiger partial charge in [-0.05, 0) is 42.5 Å². The van der Waals surface area contributed by atoms with E-state index >= 15 is 0 Å². The van der Waals surface area contributed by atoms with Gasteiger partial charge in [-0.1, -0.05) is 55.5 Å². The van der Waals surface area contributed by atoms with Crippen molar-refractivity contribution in [1.29, 1.82) is 0 Å². The quantitative estimate of drug-likeness (QED) is 0.596. The fourth-order valence-electron chi connectivity index (χ4n) is 3.21. The van der Waals surface area contributed by atoms with E-state index in [1.807, 2.05) is 50.2 Å². The summed E-state index contributed by atoms with van der Waals surface area (Å²) in [6, 6.07) is 18.2. The molecule has 0 amide bonds. The summed E-state index contributed by atoms with van der Waals surface area (Å²) in [6.45, 7) is 4.03. The number of hydrogen-bond donors (Lipinski definition) is 0. The maximum Gasteiger partial charge on any atom is 0.107 e. The number of rotatable bonds is 5. The number of aryl methyl sites for hydroxylation is 2. The molecule has 3 rings (SSSR count). The number of hydrogen-bond acceptors (Lipinski definition) is 1. The Morgan fingerprint density at radius 3 is 2.61 bits per heavy atom. The van der Waals surface area contributed by atoms with Gasteiger partial charge in [0.05, 0.1) is 5.52 Å². The smallest absolute Gasteiger partial charge is 0.107 e. The van der Waals surface area contributed by atoms with Crippen LogP contribution < -0.4 is 0 Å². The Hall–Kier alpha value is -2.22. The number of alkyl halides is 1. The second-order valence-electron chi connectivity index (χ2n) is 6.19. The van der Waals surface area contributed by atoms with Gasteiger partial charge in [-0.25, -0.2) is 4.39 Å². The Morgan fingerprint density at radius 1 is 1.00 bits per heavy atom. The molecule has 2 heteroatoms. The zero-order valence-corrected chi connectivity index (χ0v) is 13.7. The van der Waals surface area contributed by atoms with Gasteiger partial charge in [-0.2, -0.15) is 0 Å². The van der Waals surface area contributed by atoms with E-state index < -0.39 is 6.17 Å². The lowest BCUT2D eigenvalue weighted by Gasteiger charge is -2.19. The fourth-order valence-corrected chi connectivity index (χ4v) is 3.21. The summed E-state index contributed by atoms with van der Waals surface area (Å²) in [7, 11) is 0. The van der Waals surface area contributed by atoms with Gasteiger partial charge in [0.25, 0.3) is 0 Å². The Bertz CT molecular complexity index is 791. The largest absolute Gasteiger partial charge is 0.256 e. The molecule has 0 saturated heterocycles. The van der Waals surface area contributed by atoms with Crippen LogP contribution in [0.3, 0.4) is 0 Å². The zero-order chi connectivity index (χ0) is 16.2. The van der Waals surface area contributed by atoms with Crippen LogP contribution in [0.4, 0.5) is 4.39 Å². The maximum atomic E-state index is 14.7. The third kappa shape index (κ3) is 3.42. The lowest BCUT2D eigenvalue weighted by Crippen LogP contribution is -2.13. The van der Waals surface area contributed by atoms with Crippen LogP contribution in [-0.2, 0) is 6.42 Å². The fraction of sp³-hybridized carbons (Fsp3) is 0.286. The van der Waals surface area contributed by atoms with E-state index in [2.05, 4.69) is 23.2 Å². The van der Waals surface area contributed by atoms with Crippen LogP contribution in [0.15, 0.2) is 60.8 Å². The van der Waals surface area contributed by atoms with Crippen molar-refractivity contribution in [1.82, 2.24) is 4.98 Å². The molecule has 1 aromatic heterocycles.